The summed E-state index contributed by atoms with van der Waals surface area (Å²) in [5.41, 5.74) is 3.67. The molecule has 0 spiro atoms. The fourth-order valence-corrected chi connectivity index (χ4v) is 5.10. The van der Waals surface area contributed by atoms with E-state index in [1.54, 1.807) is 12.1 Å². The van der Waals surface area contributed by atoms with Crippen molar-refractivity contribution in [2.24, 2.45) is 10.9 Å². The third-order valence-electron chi connectivity index (χ3n) is 4.92. The Bertz CT molecular complexity index is 1070. The number of ketones is 1. The second-order valence-electron chi connectivity index (χ2n) is 6.41. The normalized spacial score (nSPS) is 20.7. The zero-order chi connectivity index (χ0) is 17.7. The van der Waals surface area contributed by atoms with E-state index in [4.69, 9.17) is 4.99 Å². The van der Waals surface area contributed by atoms with Crippen LogP contribution in [0.4, 0.5) is 10.1 Å². The summed E-state index contributed by atoms with van der Waals surface area (Å²) in [6, 6.07) is 22.1. The fraction of sp³-hybridized carbons (Fsp3) is 0.0909. The summed E-state index contributed by atoms with van der Waals surface area (Å²) < 4.78 is 14.6. The van der Waals surface area contributed by atoms with Gasteiger partial charge in [0.15, 0.2) is 5.78 Å². The largest absolute Gasteiger partial charge is 0.293 e. The van der Waals surface area contributed by atoms with Crippen molar-refractivity contribution in [3.8, 4) is 0 Å². The van der Waals surface area contributed by atoms with Crippen LogP contribution in [0.2, 0.25) is 0 Å². The van der Waals surface area contributed by atoms with Gasteiger partial charge in [-0.3, -0.25) is 9.79 Å². The number of para-hydroxylation sites is 1. The molecule has 2 aliphatic rings. The molecule has 0 aromatic heterocycles. The van der Waals surface area contributed by atoms with Gasteiger partial charge in [0, 0.05) is 21.6 Å². The van der Waals surface area contributed by atoms with Gasteiger partial charge in [0.2, 0.25) is 0 Å². The number of fused-ring (bicyclic) bond motifs is 4. The van der Waals surface area contributed by atoms with Crippen LogP contribution in [0.5, 0.6) is 0 Å². The highest BCUT2D eigenvalue weighted by atomic mass is 32.2. The van der Waals surface area contributed by atoms with Gasteiger partial charge < -0.3 is 0 Å². The summed E-state index contributed by atoms with van der Waals surface area (Å²) in [7, 11) is 0. The highest BCUT2D eigenvalue weighted by Gasteiger charge is 2.44. The quantitative estimate of drug-likeness (QED) is 0.565. The number of hydrogen-bond acceptors (Lipinski definition) is 3. The van der Waals surface area contributed by atoms with Crippen LogP contribution in [0.3, 0.4) is 0 Å². The van der Waals surface area contributed by atoms with Crippen LogP contribution in [-0.4, -0.2) is 11.5 Å². The molecule has 4 heteroatoms. The minimum absolute atomic E-state index is 0.0212. The maximum absolute atomic E-state index is 14.6. The number of hydrogen-bond donors (Lipinski definition) is 0. The number of thioether (sulfide) groups is 1. The minimum Gasteiger partial charge on any atom is -0.293 e. The molecule has 1 heterocycles. The second-order valence-corrected chi connectivity index (χ2v) is 7.60. The lowest BCUT2D eigenvalue weighted by atomic mass is 9.93. The lowest BCUT2D eigenvalue weighted by molar-refractivity contribution is 0.0960. The molecule has 0 saturated carbocycles. The van der Waals surface area contributed by atoms with E-state index in [1.165, 1.54) is 17.8 Å². The number of nitrogens with zero attached hydrogens (tertiary/aromatic N) is 1. The van der Waals surface area contributed by atoms with Gasteiger partial charge in [0.25, 0.3) is 0 Å². The zero-order valence-electron chi connectivity index (χ0n) is 13.7. The lowest BCUT2D eigenvalue weighted by Crippen LogP contribution is -2.22. The van der Waals surface area contributed by atoms with Crippen LogP contribution in [0.1, 0.15) is 26.7 Å². The highest BCUT2D eigenvalue weighted by molar-refractivity contribution is 7.99. The molecule has 3 aromatic rings. The predicted molar refractivity (Wildman–Crippen MR) is 102 cm³/mol. The Labute approximate surface area is 154 Å². The van der Waals surface area contributed by atoms with Crippen molar-refractivity contribution in [1.29, 1.82) is 0 Å². The van der Waals surface area contributed by atoms with Gasteiger partial charge in [-0.1, -0.05) is 54.6 Å². The van der Waals surface area contributed by atoms with Crippen molar-refractivity contribution in [2.75, 3.05) is 0 Å². The topological polar surface area (TPSA) is 29.4 Å². The molecule has 1 aliphatic carbocycles. The van der Waals surface area contributed by atoms with Crippen LogP contribution in [0, 0.1) is 11.7 Å². The van der Waals surface area contributed by atoms with E-state index in [0.29, 0.717) is 11.1 Å². The third-order valence-corrected chi connectivity index (χ3v) is 6.30. The number of carbonyl (C=O) groups is 1. The van der Waals surface area contributed by atoms with Gasteiger partial charge in [-0.15, -0.1) is 11.8 Å². The Kier molecular flexibility index (Phi) is 3.54. The standard InChI is InChI=1S/C22H14FNOS/c23-16-10-4-3-9-15(16)22-19-20(13-7-1-2-8-14(13)21(19)25)24-17-11-5-6-12-18(17)26-22/h1-12,19,22H/t19-,22-/m0/s1. The molecule has 0 amide bonds. The molecule has 26 heavy (non-hydrogen) atoms. The van der Waals surface area contributed by atoms with Crippen LogP contribution < -0.4 is 0 Å². The summed E-state index contributed by atoms with van der Waals surface area (Å²) in [4.78, 5) is 19.0. The fourth-order valence-electron chi connectivity index (χ4n) is 3.72. The molecule has 0 N–H and O–H groups in total. The molecule has 3 aromatic carbocycles. The van der Waals surface area contributed by atoms with E-state index in [9.17, 15) is 9.18 Å². The van der Waals surface area contributed by atoms with Crippen molar-refractivity contribution in [2.45, 2.75) is 10.1 Å². The smallest absolute Gasteiger partial charge is 0.174 e. The number of carbonyl (C=O) groups excluding carboxylic acids is 1. The summed E-state index contributed by atoms with van der Waals surface area (Å²) in [5.74, 6) is -0.748. The van der Waals surface area contributed by atoms with Crippen LogP contribution >= 0.6 is 11.8 Å². The Hall–Kier alpha value is -2.72. The predicted octanol–water partition coefficient (Wildman–Crippen LogP) is 5.61. The number of Topliss-reactive ketones (excluding diaryl/α,β-unsaturated/α-hetero) is 1. The Morgan fingerprint density at radius 2 is 1.54 bits per heavy atom. The molecule has 1 aliphatic heterocycles. The van der Waals surface area contributed by atoms with Crippen LogP contribution in [0.15, 0.2) is 82.7 Å². The number of benzene rings is 3. The van der Waals surface area contributed by atoms with Crippen molar-refractivity contribution >= 4 is 28.9 Å². The number of rotatable bonds is 1. The minimum atomic E-state index is -0.485. The van der Waals surface area contributed by atoms with Gasteiger partial charge >= 0.3 is 0 Å². The number of halogens is 1. The van der Waals surface area contributed by atoms with Crippen molar-refractivity contribution < 1.29 is 9.18 Å². The zero-order valence-corrected chi connectivity index (χ0v) is 14.5. The van der Waals surface area contributed by atoms with E-state index in [-0.39, 0.29) is 16.9 Å². The summed E-state index contributed by atoms with van der Waals surface area (Å²) in [6.45, 7) is 0. The van der Waals surface area contributed by atoms with Crippen LogP contribution in [-0.2, 0) is 0 Å². The maximum Gasteiger partial charge on any atom is 0.174 e. The summed E-state index contributed by atoms with van der Waals surface area (Å²) in [6.07, 6.45) is 0. The lowest BCUT2D eigenvalue weighted by Gasteiger charge is -2.22. The Morgan fingerprint density at radius 3 is 2.38 bits per heavy atom. The summed E-state index contributed by atoms with van der Waals surface area (Å²) in [5, 5.41) is -0.349. The van der Waals surface area contributed by atoms with Gasteiger partial charge in [-0.05, 0) is 18.2 Å². The van der Waals surface area contributed by atoms with E-state index in [2.05, 4.69) is 0 Å². The first-order valence-corrected chi connectivity index (χ1v) is 9.34. The molecule has 0 bridgehead atoms. The molecule has 0 fully saturated rings. The SMILES string of the molecule is O=C1c2ccccc2C2=Nc3ccccc3S[C@@H](c3ccccc3F)[C@H]12. The van der Waals surface area contributed by atoms with Gasteiger partial charge in [-0.25, -0.2) is 4.39 Å². The first-order valence-electron chi connectivity index (χ1n) is 8.46. The molecule has 0 radical (unpaired) electrons. The van der Waals surface area contributed by atoms with Crippen molar-refractivity contribution in [3.63, 3.8) is 0 Å². The Morgan fingerprint density at radius 1 is 0.846 bits per heavy atom. The first kappa shape index (κ1) is 15.5. The molecule has 2 nitrogen and oxygen atoms in total. The highest BCUT2D eigenvalue weighted by Crippen LogP contribution is 2.51. The first-order chi connectivity index (χ1) is 12.7. The average Bonchev–Trinajstić information content (AvgIpc) is 2.84. The summed E-state index contributed by atoms with van der Waals surface area (Å²) >= 11 is 1.52. The van der Waals surface area contributed by atoms with Gasteiger partial charge in [-0.2, -0.15) is 0 Å². The number of aliphatic imine (C=N–C) groups is 1. The van der Waals surface area contributed by atoms with E-state index >= 15 is 0 Å². The van der Waals surface area contributed by atoms with E-state index in [0.717, 1.165) is 21.9 Å². The van der Waals surface area contributed by atoms with E-state index in [1.807, 2.05) is 54.6 Å². The molecule has 5 rings (SSSR count). The molecule has 0 saturated heterocycles. The second kappa shape index (κ2) is 5.92. The van der Waals surface area contributed by atoms with Gasteiger partial charge in [0.1, 0.15) is 5.82 Å². The molecule has 126 valence electrons. The maximum atomic E-state index is 14.6. The van der Waals surface area contributed by atoms with E-state index < -0.39 is 5.92 Å². The molecular weight excluding hydrogens is 345 g/mol. The van der Waals surface area contributed by atoms with Crippen LogP contribution in [0.25, 0.3) is 0 Å². The molecular formula is C22H14FNOS. The van der Waals surface area contributed by atoms with Crippen molar-refractivity contribution in [1.82, 2.24) is 0 Å². The average molecular weight is 359 g/mol. The van der Waals surface area contributed by atoms with Gasteiger partial charge in [0.05, 0.1) is 22.6 Å². The third kappa shape index (κ3) is 2.26. The Balaban J connectivity index is 1.78. The molecule has 2 atom stereocenters. The monoisotopic (exact) mass is 359 g/mol. The van der Waals surface area contributed by atoms with Crippen molar-refractivity contribution in [3.05, 3.63) is 95.3 Å². The molecule has 0 unspecified atom stereocenters.